The van der Waals surface area contributed by atoms with Crippen molar-refractivity contribution in [1.29, 1.82) is 0 Å². The van der Waals surface area contributed by atoms with Crippen LogP contribution < -0.4 is 9.64 Å². The van der Waals surface area contributed by atoms with E-state index in [2.05, 4.69) is 55.0 Å². The number of halogens is 1. The Labute approximate surface area is 221 Å². The number of anilines is 1. The van der Waals surface area contributed by atoms with Crippen LogP contribution in [-0.4, -0.2) is 38.7 Å². The number of esters is 1. The van der Waals surface area contributed by atoms with E-state index in [9.17, 15) is 14.1 Å². The minimum Gasteiger partial charge on any atom is -0.493 e. The summed E-state index contributed by atoms with van der Waals surface area (Å²) in [4.78, 5) is 28.5. The highest BCUT2D eigenvalue weighted by atomic mass is 19.3. The Kier molecular flexibility index (Phi) is 13.5. The first-order valence-corrected chi connectivity index (χ1v) is 13.3. The summed E-state index contributed by atoms with van der Waals surface area (Å²) in [6, 6.07) is 12.6. The second kappa shape index (κ2) is 16.6. The fourth-order valence-electron chi connectivity index (χ4n) is 4.48. The molecule has 0 saturated carbocycles. The highest BCUT2D eigenvalue weighted by molar-refractivity contribution is 5.70. The lowest BCUT2D eigenvalue weighted by molar-refractivity contribution is -0.183. The van der Waals surface area contributed by atoms with Gasteiger partial charge in [0.15, 0.2) is 0 Å². The summed E-state index contributed by atoms with van der Waals surface area (Å²) in [5, 5.41) is 0. The molecule has 0 aliphatic carbocycles. The predicted molar refractivity (Wildman–Crippen MR) is 145 cm³/mol. The fraction of sp³-hybridized carbons (Fsp3) is 0.533. The molecule has 0 aromatic heterocycles. The maximum atomic E-state index is 12.0. The second-order valence-corrected chi connectivity index (χ2v) is 9.53. The zero-order chi connectivity index (χ0) is 27.0. The largest absolute Gasteiger partial charge is 0.493 e. The van der Waals surface area contributed by atoms with Gasteiger partial charge in [0.2, 0.25) is 0 Å². The first-order chi connectivity index (χ1) is 17.8. The Morgan fingerprint density at radius 3 is 2.32 bits per heavy atom. The number of ether oxygens (including phenoxy) is 2. The average Bonchev–Trinajstić information content (AvgIpc) is 2.87. The van der Waals surface area contributed by atoms with E-state index >= 15 is 0 Å². The lowest BCUT2D eigenvalue weighted by Crippen LogP contribution is -2.18. The van der Waals surface area contributed by atoms with Crippen molar-refractivity contribution in [3.8, 4) is 5.75 Å². The number of unbranched alkanes of at least 4 members (excludes halogenated alkanes) is 3. The molecule has 0 bridgehead atoms. The maximum Gasteiger partial charge on any atom is 0.348 e. The molecule has 0 amide bonds. The minimum absolute atomic E-state index is 0.0486. The molecule has 204 valence electrons. The standard InChI is InChI=1S/C30H42FNO5/c1-5-35-29(33)17-16-27-25(13-10-14-28(27)36-19-11-15-30(34)37-31)12-8-6-7-9-18-32(4)26-21-23(2)20-24(3)22-26/h10,13-14,20-22H,5-9,11-12,15-19H2,1-4H3. The van der Waals surface area contributed by atoms with Gasteiger partial charge < -0.3 is 14.4 Å². The molecule has 2 aromatic rings. The van der Waals surface area contributed by atoms with Gasteiger partial charge in [0.1, 0.15) is 5.75 Å². The van der Waals surface area contributed by atoms with Crippen LogP contribution in [0.15, 0.2) is 36.4 Å². The molecular formula is C30H42FNO5. The molecule has 0 unspecified atom stereocenters. The molecular weight excluding hydrogens is 473 g/mol. The van der Waals surface area contributed by atoms with Crippen molar-refractivity contribution in [3.05, 3.63) is 58.7 Å². The molecule has 0 atom stereocenters. The third-order valence-electron chi connectivity index (χ3n) is 6.32. The van der Waals surface area contributed by atoms with Crippen molar-refractivity contribution in [2.24, 2.45) is 0 Å². The molecule has 0 radical (unpaired) electrons. The highest BCUT2D eigenvalue weighted by Crippen LogP contribution is 2.27. The summed E-state index contributed by atoms with van der Waals surface area (Å²) in [6.45, 7) is 7.70. The molecule has 2 rings (SSSR count). The van der Waals surface area contributed by atoms with Crippen molar-refractivity contribution in [2.45, 2.75) is 78.6 Å². The van der Waals surface area contributed by atoms with E-state index in [4.69, 9.17) is 9.47 Å². The van der Waals surface area contributed by atoms with Crippen LogP contribution in [0.1, 0.15) is 74.1 Å². The summed E-state index contributed by atoms with van der Waals surface area (Å²) in [5.41, 5.74) is 6.00. The lowest BCUT2D eigenvalue weighted by Gasteiger charge is -2.20. The van der Waals surface area contributed by atoms with Crippen LogP contribution in [0.2, 0.25) is 0 Å². The first-order valence-electron chi connectivity index (χ1n) is 13.3. The van der Waals surface area contributed by atoms with E-state index in [1.165, 1.54) is 16.8 Å². The smallest absolute Gasteiger partial charge is 0.348 e. The molecule has 0 saturated heterocycles. The monoisotopic (exact) mass is 515 g/mol. The van der Waals surface area contributed by atoms with Crippen LogP contribution in [-0.2, 0) is 32.1 Å². The number of rotatable bonds is 17. The van der Waals surface area contributed by atoms with E-state index in [0.717, 1.165) is 49.8 Å². The number of hydrogen-bond donors (Lipinski definition) is 0. The summed E-state index contributed by atoms with van der Waals surface area (Å²) in [5.74, 6) is -0.438. The van der Waals surface area contributed by atoms with Crippen LogP contribution in [0, 0.1) is 13.8 Å². The van der Waals surface area contributed by atoms with E-state index in [0.29, 0.717) is 25.2 Å². The summed E-state index contributed by atoms with van der Waals surface area (Å²) < 4.78 is 22.9. The lowest BCUT2D eigenvalue weighted by atomic mass is 9.96. The number of carbonyl (C=O) groups excluding carboxylic acids is 2. The van der Waals surface area contributed by atoms with E-state index in [1.54, 1.807) is 6.92 Å². The molecule has 2 aromatic carbocycles. The SMILES string of the molecule is CCOC(=O)CCc1c(CCCCCCN(C)c2cc(C)cc(C)c2)cccc1OCCCC(=O)OF. The molecule has 6 nitrogen and oxygen atoms in total. The Bertz CT molecular complexity index is 974. The molecule has 0 fully saturated rings. The molecule has 0 aliphatic heterocycles. The molecule has 0 spiro atoms. The molecule has 0 aliphatic rings. The van der Waals surface area contributed by atoms with E-state index < -0.39 is 5.97 Å². The van der Waals surface area contributed by atoms with Crippen LogP contribution in [0.3, 0.4) is 0 Å². The van der Waals surface area contributed by atoms with Crippen LogP contribution >= 0.6 is 0 Å². The number of nitrogens with zero attached hydrogens (tertiary/aromatic N) is 1. The maximum absolute atomic E-state index is 12.0. The van der Waals surface area contributed by atoms with E-state index in [-0.39, 0.29) is 25.4 Å². The van der Waals surface area contributed by atoms with Gasteiger partial charge in [-0.05, 0) is 93.3 Å². The molecule has 7 heteroatoms. The van der Waals surface area contributed by atoms with Crippen molar-refractivity contribution in [2.75, 3.05) is 31.7 Å². The number of benzene rings is 2. The Morgan fingerprint density at radius 2 is 1.62 bits per heavy atom. The first kappa shape index (κ1) is 30.1. The topological polar surface area (TPSA) is 65.1 Å². The van der Waals surface area contributed by atoms with Crippen molar-refractivity contribution >= 4 is 17.6 Å². The van der Waals surface area contributed by atoms with Gasteiger partial charge in [-0.1, -0.05) is 31.0 Å². The predicted octanol–water partition coefficient (Wildman–Crippen LogP) is 6.63. The Hall–Kier alpha value is -3.09. The van der Waals surface area contributed by atoms with Crippen LogP contribution in [0.4, 0.5) is 10.2 Å². The van der Waals surface area contributed by atoms with Gasteiger partial charge in [-0.3, -0.25) is 9.74 Å². The van der Waals surface area contributed by atoms with Gasteiger partial charge in [0.05, 0.1) is 19.6 Å². The van der Waals surface area contributed by atoms with Gasteiger partial charge in [-0.2, -0.15) is 0 Å². The summed E-state index contributed by atoms with van der Waals surface area (Å²) in [7, 11) is 2.15. The zero-order valence-corrected chi connectivity index (χ0v) is 22.8. The average molecular weight is 516 g/mol. The number of hydrogen-bond acceptors (Lipinski definition) is 6. The third-order valence-corrected chi connectivity index (χ3v) is 6.32. The summed E-state index contributed by atoms with van der Waals surface area (Å²) in [6.07, 6.45) is 6.44. The second-order valence-electron chi connectivity index (χ2n) is 9.53. The minimum atomic E-state index is -0.903. The van der Waals surface area contributed by atoms with Crippen LogP contribution in [0.5, 0.6) is 5.75 Å². The van der Waals surface area contributed by atoms with Crippen molar-refractivity contribution in [1.82, 2.24) is 0 Å². The summed E-state index contributed by atoms with van der Waals surface area (Å²) >= 11 is 0. The quantitative estimate of drug-likeness (QED) is 0.174. The zero-order valence-electron chi connectivity index (χ0n) is 22.8. The molecule has 0 N–H and O–H groups in total. The van der Waals surface area contributed by atoms with Gasteiger partial charge in [-0.15, -0.1) is 0 Å². The van der Waals surface area contributed by atoms with Crippen molar-refractivity contribution < 1.29 is 28.5 Å². The molecule has 37 heavy (non-hydrogen) atoms. The fourth-order valence-corrected chi connectivity index (χ4v) is 4.48. The third kappa shape index (κ3) is 11.2. The normalized spacial score (nSPS) is 10.7. The van der Waals surface area contributed by atoms with Gasteiger partial charge in [0.25, 0.3) is 0 Å². The van der Waals surface area contributed by atoms with Gasteiger partial charge >= 0.3 is 11.9 Å². The number of carbonyl (C=O) groups is 2. The number of aryl methyl sites for hydroxylation is 3. The Balaban J connectivity index is 1.88. The van der Waals surface area contributed by atoms with Crippen LogP contribution in [0.25, 0.3) is 0 Å². The van der Waals surface area contributed by atoms with Gasteiger partial charge in [-0.25, -0.2) is 4.79 Å². The van der Waals surface area contributed by atoms with Crippen molar-refractivity contribution in [3.63, 3.8) is 0 Å². The highest BCUT2D eigenvalue weighted by Gasteiger charge is 2.13. The Morgan fingerprint density at radius 1 is 0.892 bits per heavy atom. The molecule has 0 heterocycles. The van der Waals surface area contributed by atoms with Gasteiger partial charge in [0, 0.05) is 30.2 Å². The van der Waals surface area contributed by atoms with E-state index in [1.807, 2.05) is 12.1 Å².